The molecule has 3 N–H and O–H groups in total. The van der Waals surface area contributed by atoms with Gasteiger partial charge in [0.15, 0.2) is 9.84 Å². The smallest absolute Gasteiger partial charge is 0.181 e. The Kier molecular flexibility index (Phi) is 3.20. The van der Waals surface area contributed by atoms with Gasteiger partial charge in [0.1, 0.15) is 0 Å². The summed E-state index contributed by atoms with van der Waals surface area (Å²) in [5.74, 6) is 0. The first-order chi connectivity index (χ1) is 7.96. The van der Waals surface area contributed by atoms with Crippen molar-refractivity contribution < 1.29 is 13.5 Å². The minimum atomic E-state index is -3.41. The summed E-state index contributed by atoms with van der Waals surface area (Å²) < 4.78 is 24.5. The fourth-order valence-corrected chi connectivity index (χ4v) is 4.33. The normalized spacial score (nSPS) is 28.1. The second-order valence-corrected chi connectivity index (χ2v) is 6.98. The van der Waals surface area contributed by atoms with Crippen LogP contribution in [0.25, 0.3) is 0 Å². The number of benzene rings is 1. The van der Waals surface area contributed by atoms with Gasteiger partial charge in [-0.25, -0.2) is 8.42 Å². The zero-order chi connectivity index (χ0) is 12.7. The molecule has 1 aromatic carbocycles. The van der Waals surface area contributed by atoms with Crippen molar-refractivity contribution in [2.24, 2.45) is 11.1 Å². The summed E-state index contributed by atoms with van der Waals surface area (Å²) in [6.07, 6.45) is 0.422. The molecule has 1 aliphatic carbocycles. The molecule has 0 amide bonds. The Labute approximate surface area is 105 Å². The van der Waals surface area contributed by atoms with E-state index >= 15 is 0 Å². The highest BCUT2D eigenvalue weighted by atomic mass is 35.5. The monoisotopic (exact) mass is 275 g/mol. The van der Waals surface area contributed by atoms with Crippen LogP contribution in [0.4, 0.5) is 0 Å². The number of aliphatic hydroxyl groups excluding tert-OH is 1. The third kappa shape index (κ3) is 2.08. The molecule has 1 fully saturated rings. The van der Waals surface area contributed by atoms with Gasteiger partial charge in [-0.15, -0.1) is 0 Å². The molecule has 0 radical (unpaired) electrons. The fourth-order valence-electron chi connectivity index (χ4n) is 1.98. The maximum atomic E-state index is 12.2. The summed E-state index contributed by atoms with van der Waals surface area (Å²) in [4.78, 5) is 0.232. The number of halogens is 1. The Morgan fingerprint density at radius 2 is 2.00 bits per heavy atom. The van der Waals surface area contributed by atoms with Gasteiger partial charge < -0.3 is 10.8 Å². The number of sulfone groups is 1. The molecule has 4 nitrogen and oxygen atoms in total. The van der Waals surface area contributed by atoms with Crippen LogP contribution in [-0.2, 0) is 9.84 Å². The molecule has 0 aliphatic heterocycles. The topological polar surface area (TPSA) is 80.4 Å². The van der Waals surface area contributed by atoms with Crippen molar-refractivity contribution in [1.29, 1.82) is 0 Å². The van der Waals surface area contributed by atoms with Crippen LogP contribution in [0.1, 0.15) is 6.42 Å². The molecule has 1 aromatic rings. The summed E-state index contributed by atoms with van der Waals surface area (Å²) in [7, 11) is -3.41. The molecule has 0 bridgehead atoms. The molecule has 94 valence electrons. The largest absolute Gasteiger partial charge is 0.396 e. The van der Waals surface area contributed by atoms with Crippen LogP contribution >= 0.6 is 11.6 Å². The molecule has 0 heterocycles. The molecule has 1 aliphatic rings. The minimum absolute atomic E-state index is 0.182. The predicted octanol–water partition coefficient (Wildman–Crippen LogP) is 0.823. The van der Waals surface area contributed by atoms with E-state index in [0.29, 0.717) is 11.4 Å². The average Bonchev–Trinajstić information content (AvgIpc) is 3.06. The number of nitrogens with two attached hydrogens (primary N) is 1. The van der Waals surface area contributed by atoms with Crippen molar-refractivity contribution in [2.45, 2.75) is 16.6 Å². The highest BCUT2D eigenvalue weighted by Crippen LogP contribution is 2.51. The van der Waals surface area contributed by atoms with Gasteiger partial charge in [0.05, 0.1) is 16.8 Å². The van der Waals surface area contributed by atoms with Gasteiger partial charge in [-0.2, -0.15) is 0 Å². The molecule has 0 aromatic heterocycles. The molecule has 1 saturated carbocycles. The molecular weight excluding hydrogens is 262 g/mol. The van der Waals surface area contributed by atoms with Crippen molar-refractivity contribution >= 4 is 21.4 Å². The van der Waals surface area contributed by atoms with E-state index < -0.39 is 20.5 Å². The molecule has 6 heteroatoms. The van der Waals surface area contributed by atoms with Crippen molar-refractivity contribution in [3.63, 3.8) is 0 Å². The SMILES string of the molecule is NC[C@@]1(CO)C[C@H]1S(=O)(=O)c1ccc(Cl)cc1. The average molecular weight is 276 g/mol. The van der Waals surface area contributed by atoms with Crippen LogP contribution in [0.5, 0.6) is 0 Å². The molecule has 0 unspecified atom stereocenters. The van der Waals surface area contributed by atoms with E-state index in [1.165, 1.54) is 12.1 Å². The lowest BCUT2D eigenvalue weighted by molar-refractivity contribution is 0.217. The van der Waals surface area contributed by atoms with E-state index in [2.05, 4.69) is 0 Å². The first kappa shape index (κ1) is 12.8. The van der Waals surface area contributed by atoms with E-state index in [4.69, 9.17) is 17.3 Å². The van der Waals surface area contributed by atoms with Gasteiger partial charge in [-0.3, -0.25) is 0 Å². The number of hydrogen-bond donors (Lipinski definition) is 2. The van der Waals surface area contributed by atoms with E-state index in [-0.39, 0.29) is 18.0 Å². The van der Waals surface area contributed by atoms with Crippen molar-refractivity contribution in [1.82, 2.24) is 0 Å². The van der Waals surface area contributed by atoms with Crippen LogP contribution in [0.15, 0.2) is 29.2 Å². The van der Waals surface area contributed by atoms with Crippen LogP contribution in [-0.4, -0.2) is 31.9 Å². The van der Waals surface area contributed by atoms with Crippen LogP contribution in [0.3, 0.4) is 0 Å². The third-order valence-electron chi connectivity index (χ3n) is 3.35. The van der Waals surface area contributed by atoms with Crippen molar-refractivity contribution in [3.8, 4) is 0 Å². The van der Waals surface area contributed by atoms with E-state index in [9.17, 15) is 13.5 Å². The predicted molar refractivity (Wildman–Crippen MR) is 65.6 cm³/mol. The van der Waals surface area contributed by atoms with E-state index in [1.54, 1.807) is 12.1 Å². The molecule has 0 spiro atoms. The Balaban J connectivity index is 2.30. The molecule has 2 rings (SSSR count). The van der Waals surface area contributed by atoms with Gasteiger partial charge in [0.25, 0.3) is 0 Å². The zero-order valence-electron chi connectivity index (χ0n) is 9.14. The summed E-state index contributed by atoms with van der Waals surface area (Å²) in [6.45, 7) is -0.0119. The lowest BCUT2D eigenvalue weighted by Gasteiger charge is -2.11. The molecular formula is C11H14ClNO3S. The Bertz CT molecular complexity index is 508. The summed E-state index contributed by atoms with van der Waals surface area (Å²) in [5.41, 5.74) is 4.87. The van der Waals surface area contributed by atoms with Crippen molar-refractivity contribution in [3.05, 3.63) is 29.3 Å². The first-order valence-electron chi connectivity index (χ1n) is 5.27. The maximum absolute atomic E-state index is 12.2. The lowest BCUT2D eigenvalue weighted by atomic mass is 10.1. The Morgan fingerprint density at radius 3 is 2.41 bits per heavy atom. The fraction of sp³-hybridized carbons (Fsp3) is 0.455. The van der Waals surface area contributed by atoms with E-state index in [0.717, 1.165) is 0 Å². The van der Waals surface area contributed by atoms with Crippen LogP contribution in [0, 0.1) is 5.41 Å². The lowest BCUT2D eigenvalue weighted by Crippen LogP contribution is -2.27. The van der Waals surface area contributed by atoms with Gasteiger partial charge in [-0.1, -0.05) is 11.6 Å². The summed E-state index contributed by atoms with van der Waals surface area (Å²) in [6, 6.07) is 6.04. The molecule has 17 heavy (non-hydrogen) atoms. The molecule has 2 atom stereocenters. The zero-order valence-corrected chi connectivity index (χ0v) is 10.7. The van der Waals surface area contributed by atoms with Gasteiger partial charge in [-0.05, 0) is 30.7 Å². The highest BCUT2D eigenvalue weighted by Gasteiger charge is 2.60. The second-order valence-electron chi connectivity index (χ2n) is 4.42. The van der Waals surface area contributed by atoms with Gasteiger partial charge in [0, 0.05) is 17.0 Å². The quantitative estimate of drug-likeness (QED) is 0.853. The van der Waals surface area contributed by atoms with Crippen LogP contribution < -0.4 is 5.73 Å². The Morgan fingerprint density at radius 1 is 1.41 bits per heavy atom. The summed E-state index contributed by atoms with van der Waals surface area (Å²) >= 11 is 5.71. The van der Waals surface area contributed by atoms with Crippen molar-refractivity contribution in [2.75, 3.05) is 13.2 Å². The molecule has 0 saturated heterocycles. The number of hydrogen-bond acceptors (Lipinski definition) is 4. The Hall–Kier alpha value is -0.620. The van der Waals surface area contributed by atoms with Crippen LogP contribution in [0.2, 0.25) is 5.02 Å². The highest BCUT2D eigenvalue weighted by molar-refractivity contribution is 7.92. The third-order valence-corrected chi connectivity index (χ3v) is 5.95. The van der Waals surface area contributed by atoms with E-state index in [1.807, 2.05) is 0 Å². The number of aliphatic hydroxyl groups is 1. The first-order valence-corrected chi connectivity index (χ1v) is 7.19. The maximum Gasteiger partial charge on any atom is 0.181 e. The second kappa shape index (κ2) is 4.24. The van der Waals surface area contributed by atoms with Gasteiger partial charge >= 0.3 is 0 Å². The summed E-state index contributed by atoms with van der Waals surface area (Å²) in [5, 5.41) is 9.13. The van der Waals surface area contributed by atoms with Gasteiger partial charge in [0.2, 0.25) is 0 Å². The minimum Gasteiger partial charge on any atom is -0.396 e. The standard InChI is InChI=1S/C11H14ClNO3S/c12-8-1-3-9(4-2-8)17(15,16)10-5-11(10,6-13)7-14/h1-4,10,14H,5-7,13H2/t10-,11-/m1/s1. The number of rotatable bonds is 4.